The smallest absolute Gasteiger partial charge is 0.299 e. The summed E-state index contributed by atoms with van der Waals surface area (Å²) in [6, 6.07) is 1.63. The van der Waals surface area contributed by atoms with Crippen molar-refractivity contribution in [2.75, 3.05) is 18.1 Å². The van der Waals surface area contributed by atoms with Crippen molar-refractivity contribution in [3.05, 3.63) is 29.3 Å². The average molecular weight is 281 g/mol. The topological polar surface area (TPSA) is 46.6 Å². The number of hydrogen-bond acceptors (Lipinski definition) is 3. The third-order valence-corrected chi connectivity index (χ3v) is 3.65. The van der Waals surface area contributed by atoms with Gasteiger partial charge in [-0.3, -0.25) is 9.59 Å². The number of hydrogen-bond donors (Lipinski definition) is 0. The molecule has 0 N–H and O–H groups in total. The zero-order chi connectivity index (χ0) is 14.3. The minimum Gasteiger partial charge on any atom is -0.376 e. The van der Waals surface area contributed by atoms with Gasteiger partial charge in [-0.1, -0.05) is 0 Å². The largest absolute Gasteiger partial charge is 0.376 e. The Balaban J connectivity index is 1.93. The zero-order valence-corrected chi connectivity index (χ0v) is 10.7. The first-order chi connectivity index (χ1) is 9.58. The van der Waals surface area contributed by atoms with Gasteiger partial charge in [0.05, 0.1) is 23.9 Å². The van der Waals surface area contributed by atoms with Crippen molar-refractivity contribution in [2.24, 2.45) is 0 Å². The lowest BCUT2D eigenvalue weighted by molar-refractivity contribution is -0.114. The minimum atomic E-state index is -0.995. The second-order valence-electron chi connectivity index (χ2n) is 5.02. The Labute approximate surface area is 114 Å². The van der Waals surface area contributed by atoms with Gasteiger partial charge in [-0.2, -0.15) is 0 Å². The lowest BCUT2D eigenvalue weighted by Gasteiger charge is -2.27. The standard InChI is InChI=1S/C14H13F2NO3/c15-8-5-10(16)12-11(6-8)17(14(19)13(12)18)7-9-3-1-2-4-20-9/h5-6,9H,1-4,7H2. The summed E-state index contributed by atoms with van der Waals surface area (Å²) in [5.41, 5.74) is -0.334. The van der Waals surface area contributed by atoms with Crippen LogP contribution < -0.4 is 4.90 Å². The van der Waals surface area contributed by atoms with Gasteiger partial charge in [-0.05, 0) is 25.3 Å². The van der Waals surface area contributed by atoms with E-state index < -0.39 is 23.3 Å². The normalized spacial score (nSPS) is 22.3. The Morgan fingerprint density at radius 3 is 2.75 bits per heavy atom. The zero-order valence-electron chi connectivity index (χ0n) is 10.7. The van der Waals surface area contributed by atoms with Crippen molar-refractivity contribution in [3.8, 4) is 0 Å². The van der Waals surface area contributed by atoms with Crippen LogP contribution in [0, 0.1) is 11.6 Å². The van der Waals surface area contributed by atoms with E-state index in [-0.39, 0.29) is 23.9 Å². The molecule has 1 atom stereocenters. The minimum absolute atomic E-state index is 0.00618. The van der Waals surface area contributed by atoms with E-state index in [9.17, 15) is 18.4 Å². The molecule has 0 bridgehead atoms. The van der Waals surface area contributed by atoms with Crippen molar-refractivity contribution >= 4 is 17.4 Å². The second kappa shape index (κ2) is 4.94. The van der Waals surface area contributed by atoms with E-state index in [1.807, 2.05) is 0 Å². The Hall–Kier alpha value is -1.82. The summed E-state index contributed by atoms with van der Waals surface area (Å²) in [4.78, 5) is 24.8. The van der Waals surface area contributed by atoms with Crippen LogP contribution in [0.4, 0.5) is 14.5 Å². The fourth-order valence-corrected chi connectivity index (χ4v) is 2.67. The molecule has 1 unspecified atom stereocenters. The van der Waals surface area contributed by atoms with Crippen LogP contribution >= 0.6 is 0 Å². The maximum Gasteiger partial charge on any atom is 0.299 e. The summed E-state index contributed by atoms with van der Waals surface area (Å²) >= 11 is 0. The number of ketones is 1. The highest BCUT2D eigenvalue weighted by Crippen LogP contribution is 2.32. The average Bonchev–Trinajstić information content (AvgIpc) is 2.65. The van der Waals surface area contributed by atoms with Crippen LogP contribution in [-0.2, 0) is 9.53 Å². The van der Waals surface area contributed by atoms with Gasteiger partial charge in [0.2, 0.25) is 0 Å². The molecule has 3 rings (SSSR count). The second-order valence-corrected chi connectivity index (χ2v) is 5.02. The number of halogens is 2. The van der Waals surface area contributed by atoms with E-state index in [4.69, 9.17) is 4.74 Å². The highest BCUT2D eigenvalue weighted by atomic mass is 19.1. The fraction of sp³-hybridized carbons (Fsp3) is 0.429. The lowest BCUT2D eigenvalue weighted by Crippen LogP contribution is -2.39. The third kappa shape index (κ3) is 2.10. The maximum absolute atomic E-state index is 13.7. The Morgan fingerprint density at radius 2 is 2.05 bits per heavy atom. The summed E-state index contributed by atoms with van der Waals surface area (Å²) in [5, 5.41) is 0. The number of carbonyl (C=O) groups is 2. The molecule has 2 heterocycles. The molecule has 20 heavy (non-hydrogen) atoms. The number of fused-ring (bicyclic) bond motifs is 1. The lowest BCUT2D eigenvalue weighted by atomic mass is 10.1. The van der Waals surface area contributed by atoms with Crippen molar-refractivity contribution in [3.63, 3.8) is 0 Å². The van der Waals surface area contributed by atoms with Crippen LogP contribution in [0.1, 0.15) is 29.6 Å². The van der Waals surface area contributed by atoms with Crippen molar-refractivity contribution in [1.82, 2.24) is 0 Å². The van der Waals surface area contributed by atoms with Gasteiger partial charge in [0.15, 0.2) is 0 Å². The van der Waals surface area contributed by atoms with Gasteiger partial charge in [-0.25, -0.2) is 8.78 Å². The number of carbonyl (C=O) groups excluding carboxylic acids is 2. The third-order valence-electron chi connectivity index (χ3n) is 3.65. The molecule has 1 amide bonds. The molecular weight excluding hydrogens is 268 g/mol. The first kappa shape index (κ1) is 13.2. The number of ether oxygens (including phenoxy) is 1. The van der Waals surface area contributed by atoms with Gasteiger partial charge in [-0.15, -0.1) is 0 Å². The van der Waals surface area contributed by atoms with E-state index in [0.29, 0.717) is 12.7 Å². The predicted molar refractivity (Wildman–Crippen MR) is 66.6 cm³/mol. The highest BCUT2D eigenvalue weighted by Gasteiger charge is 2.40. The molecule has 0 aromatic heterocycles. The first-order valence-corrected chi connectivity index (χ1v) is 6.55. The molecule has 4 nitrogen and oxygen atoms in total. The number of amides is 1. The van der Waals surface area contributed by atoms with Crippen molar-refractivity contribution in [2.45, 2.75) is 25.4 Å². The molecule has 0 radical (unpaired) electrons. The molecule has 2 aliphatic heterocycles. The monoisotopic (exact) mass is 281 g/mol. The molecule has 2 aliphatic rings. The summed E-state index contributed by atoms with van der Waals surface area (Å²) < 4.78 is 32.5. The summed E-state index contributed by atoms with van der Waals surface area (Å²) in [6.07, 6.45) is 2.51. The van der Waals surface area contributed by atoms with Crippen molar-refractivity contribution < 1.29 is 23.1 Å². The predicted octanol–water partition coefficient (Wildman–Crippen LogP) is 2.06. The van der Waals surface area contributed by atoms with Gasteiger partial charge in [0.25, 0.3) is 11.7 Å². The van der Waals surface area contributed by atoms with E-state index in [2.05, 4.69) is 0 Å². The first-order valence-electron chi connectivity index (χ1n) is 6.55. The molecule has 1 fully saturated rings. The van der Waals surface area contributed by atoms with Crippen LogP contribution in [-0.4, -0.2) is 30.9 Å². The van der Waals surface area contributed by atoms with Gasteiger partial charge in [0, 0.05) is 12.7 Å². The summed E-state index contributed by atoms with van der Waals surface area (Å²) in [7, 11) is 0. The molecule has 0 aliphatic carbocycles. The molecular formula is C14H13F2NO3. The Morgan fingerprint density at radius 1 is 1.25 bits per heavy atom. The molecule has 1 aromatic carbocycles. The Bertz CT molecular complexity index is 582. The van der Waals surface area contributed by atoms with Crippen LogP contribution in [0.3, 0.4) is 0 Å². The van der Waals surface area contributed by atoms with E-state index in [1.54, 1.807) is 0 Å². The van der Waals surface area contributed by atoms with Crippen molar-refractivity contribution in [1.29, 1.82) is 0 Å². The fourth-order valence-electron chi connectivity index (χ4n) is 2.67. The summed E-state index contributed by atoms with van der Waals surface area (Å²) in [6.45, 7) is 0.755. The summed E-state index contributed by atoms with van der Waals surface area (Å²) in [5.74, 6) is -3.55. The highest BCUT2D eigenvalue weighted by molar-refractivity contribution is 6.52. The molecule has 0 spiro atoms. The van der Waals surface area contributed by atoms with E-state index in [0.717, 1.165) is 30.2 Å². The molecule has 0 saturated carbocycles. The van der Waals surface area contributed by atoms with Crippen LogP contribution in [0.5, 0.6) is 0 Å². The number of rotatable bonds is 2. The van der Waals surface area contributed by atoms with Gasteiger partial charge < -0.3 is 9.64 Å². The van der Waals surface area contributed by atoms with Crippen LogP contribution in [0.25, 0.3) is 0 Å². The number of nitrogens with zero attached hydrogens (tertiary/aromatic N) is 1. The van der Waals surface area contributed by atoms with E-state index in [1.165, 1.54) is 0 Å². The van der Waals surface area contributed by atoms with Gasteiger partial charge in [0.1, 0.15) is 11.6 Å². The van der Waals surface area contributed by atoms with Crippen LogP contribution in [0.15, 0.2) is 12.1 Å². The number of benzene rings is 1. The Kier molecular flexibility index (Phi) is 3.25. The molecule has 1 saturated heterocycles. The van der Waals surface area contributed by atoms with Crippen LogP contribution in [0.2, 0.25) is 0 Å². The quantitative estimate of drug-likeness (QED) is 0.780. The molecule has 6 heteroatoms. The van der Waals surface area contributed by atoms with E-state index >= 15 is 0 Å². The molecule has 1 aromatic rings. The maximum atomic E-state index is 13.7. The number of Topliss-reactive ketones (excluding diaryl/α,β-unsaturated/α-hetero) is 1. The van der Waals surface area contributed by atoms with Gasteiger partial charge >= 0.3 is 0 Å². The molecule has 106 valence electrons. The SMILES string of the molecule is O=C1C(=O)N(CC2CCCCO2)c2cc(F)cc(F)c21. The number of anilines is 1.